The third-order valence-corrected chi connectivity index (χ3v) is 7.65. The Labute approximate surface area is 170 Å². The maximum atomic E-state index is 13.4. The Morgan fingerprint density at radius 3 is 2.54 bits per heavy atom. The summed E-state index contributed by atoms with van der Waals surface area (Å²) >= 11 is 1.82. The van der Waals surface area contributed by atoms with Crippen LogP contribution in [0.25, 0.3) is 0 Å². The van der Waals surface area contributed by atoms with Crippen molar-refractivity contribution in [3.63, 3.8) is 0 Å². The zero-order valence-corrected chi connectivity index (χ0v) is 17.7. The zero-order valence-electron chi connectivity index (χ0n) is 16.9. The van der Waals surface area contributed by atoms with E-state index >= 15 is 0 Å². The van der Waals surface area contributed by atoms with Gasteiger partial charge in [0.2, 0.25) is 0 Å². The Morgan fingerprint density at radius 1 is 1.07 bits per heavy atom. The normalized spacial score (nSPS) is 20.8. The van der Waals surface area contributed by atoms with Crippen LogP contribution in [-0.4, -0.2) is 17.2 Å². The number of carbonyl (C=O) groups is 1. The Bertz CT molecular complexity index is 1110. The molecular weight excluding hydrogens is 362 g/mol. The molecule has 0 saturated carbocycles. The highest BCUT2D eigenvalue weighted by Crippen LogP contribution is 2.50. The van der Waals surface area contributed by atoms with Gasteiger partial charge in [0.1, 0.15) is 0 Å². The van der Waals surface area contributed by atoms with Gasteiger partial charge in [0.25, 0.3) is 0 Å². The van der Waals surface area contributed by atoms with Gasteiger partial charge in [0.05, 0.1) is 0 Å². The molecule has 0 spiro atoms. The van der Waals surface area contributed by atoms with Crippen LogP contribution in [0.5, 0.6) is 0 Å². The molecule has 0 amide bonds. The van der Waals surface area contributed by atoms with Crippen LogP contribution in [0.15, 0.2) is 42.5 Å². The quantitative estimate of drug-likeness (QED) is 0.575. The average Bonchev–Trinajstić information content (AvgIpc) is 2.99. The predicted molar refractivity (Wildman–Crippen MR) is 115 cm³/mol. The molecular formula is C25H25NOS. The van der Waals surface area contributed by atoms with Crippen LogP contribution < -0.4 is 0 Å². The molecule has 0 bridgehead atoms. The lowest BCUT2D eigenvalue weighted by Gasteiger charge is -2.44. The lowest BCUT2D eigenvalue weighted by atomic mass is 9.65. The largest absolute Gasteiger partial charge is 0.293 e. The molecule has 2 aromatic carbocycles. The summed E-state index contributed by atoms with van der Waals surface area (Å²) in [6.45, 7) is 11.5. The third kappa shape index (κ3) is 2.46. The maximum Gasteiger partial charge on any atom is 0.194 e. The molecule has 28 heavy (non-hydrogen) atoms. The molecule has 1 atom stereocenters. The van der Waals surface area contributed by atoms with E-state index in [1.54, 1.807) is 0 Å². The number of hydrogen-bond donors (Lipinski definition) is 0. The molecule has 2 aliphatic rings. The van der Waals surface area contributed by atoms with E-state index in [-0.39, 0.29) is 11.2 Å². The molecule has 1 unspecified atom stereocenters. The molecule has 142 valence electrons. The number of hydrogen-bond acceptors (Lipinski definition) is 3. The smallest absolute Gasteiger partial charge is 0.194 e. The predicted octanol–water partition coefficient (Wildman–Crippen LogP) is 5.54. The highest BCUT2D eigenvalue weighted by Gasteiger charge is 2.47. The van der Waals surface area contributed by atoms with Crippen molar-refractivity contribution in [3.8, 4) is 0 Å². The van der Waals surface area contributed by atoms with Crippen LogP contribution in [0.3, 0.4) is 0 Å². The second-order valence-corrected chi connectivity index (χ2v) is 9.91. The van der Waals surface area contributed by atoms with E-state index in [0.29, 0.717) is 0 Å². The van der Waals surface area contributed by atoms with Crippen LogP contribution in [0.1, 0.15) is 60.4 Å². The zero-order chi connectivity index (χ0) is 19.6. The number of nitrogens with zero attached hydrogens (tertiary/aromatic N) is 1. The molecule has 0 fully saturated rings. The summed E-state index contributed by atoms with van der Waals surface area (Å²) < 4.78 is 0. The standard InChI is InChI=1S/C25H25NOS/c1-15-10-19-20(11-16(15)2)25(4)14-26(12-18-8-6-5-7-9-18)13-21-23(25)22(24(19)27)17(3)28-21/h5-11H,12-14H2,1-4H3. The summed E-state index contributed by atoms with van der Waals surface area (Å²) in [6.07, 6.45) is 0. The van der Waals surface area contributed by atoms with Gasteiger partial charge < -0.3 is 0 Å². The van der Waals surface area contributed by atoms with Crippen LogP contribution in [0.2, 0.25) is 0 Å². The van der Waals surface area contributed by atoms with Crippen molar-refractivity contribution in [1.82, 2.24) is 4.90 Å². The first-order valence-electron chi connectivity index (χ1n) is 9.94. The van der Waals surface area contributed by atoms with Crippen molar-refractivity contribution in [3.05, 3.63) is 91.2 Å². The minimum atomic E-state index is -0.135. The number of rotatable bonds is 2. The van der Waals surface area contributed by atoms with Gasteiger partial charge in [-0.15, -0.1) is 11.3 Å². The van der Waals surface area contributed by atoms with Gasteiger partial charge in [-0.05, 0) is 54.7 Å². The number of carbonyl (C=O) groups excluding carboxylic acids is 1. The SMILES string of the molecule is Cc1cc2c(cc1C)C1(C)CN(Cc3ccccc3)Cc3sc(C)c(c31)C2=O. The molecule has 0 saturated heterocycles. The van der Waals surface area contributed by atoms with E-state index in [2.05, 4.69) is 75.1 Å². The fraction of sp³-hybridized carbons (Fsp3) is 0.320. The molecule has 5 rings (SSSR count). The fourth-order valence-electron chi connectivity index (χ4n) is 5.12. The van der Waals surface area contributed by atoms with Gasteiger partial charge in [-0.3, -0.25) is 9.69 Å². The van der Waals surface area contributed by atoms with Gasteiger partial charge in [-0.25, -0.2) is 0 Å². The first-order valence-corrected chi connectivity index (χ1v) is 10.8. The van der Waals surface area contributed by atoms with Crippen LogP contribution >= 0.6 is 11.3 Å². The molecule has 2 nitrogen and oxygen atoms in total. The number of benzene rings is 2. The molecule has 0 N–H and O–H groups in total. The average molecular weight is 388 g/mol. The topological polar surface area (TPSA) is 20.3 Å². The molecule has 2 heterocycles. The highest BCUT2D eigenvalue weighted by atomic mass is 32.1. The minimum absolute atomic E-state index is 0.135. The van der Waals surface area contributed by atoms with Crippen LogP contribution in [0.4, 0.5) is 0 Å². The number of ketones is 1. The summed E-state index contributed by atoms with van der Waals surface area (Å²) in [5.41, 5.74) is 8.09. The summed E-state index contributed by atoms with van der Waals surface area (Å²) in [6, 6.07) is 15.1. The Hall–Kier alpha value is -2.23. The second-order valence-electron chi connectivity index (χ2n) is 8.61. The van der Waals surface area contributed by atoms with E-state index in [9.17, 15) is 4.79 Å². The van der Waals surface area contributed by atoms with Gasteiger partial charge in [-0.1, -0.05) is 43.3 Å². The van der Waals surface area contributed by atoms with Crippen LogP contribution in [0, 0.1) is 20.8 Å². The van der Waals surface area contributed by atoms with E-state index in [4.69, 9.17) is 0 Å². The summed E-state index contributed by atoms with van der Waals surface area (Å²) in [4.78, 5) is 18.5. The maximum absolute atomic E-state index is 13.4. The Morgan fingerprint density at radius 2 is 1.79 bits per heavy atom. The summed E-state index contributed by atoms with van der Waals surface area (Å²) in [5, 5.41) is 0. The third-order valence-electron chi connectivity index (χ3n) is 6.57. The van der Waals surface area contributed by atoms with E-state index in [1.807, 2.05) is 11.3 Å². The van der Waals surface area contributed by atoms with E-state index in [1.165, 1.54) is 37.6 Å². The molecule has 0 radical (unpaired) electrons. The van der Waals surface area contributed by atoms with Crippen molar-refractivity contribution in [2.45, 2.75) is 46.2 Å². The minimum Gasteiger partial charge on any atom is -0.293 e. The molecule has 3 heteroatoms. The van der Waals surface area contributed by atoms with Gasteiger partial charge >= 0.3 is 0 Å². The van der Waals surface area contributed by atoms with Crippen molar-refractivity contribution in [2.24, 2.45) is 0 Å². The van der Waals surface area contributed by atoms with Crippen molar-refractivity contribution in [2.75, 3.05) is 6.54 Å². The lowest BCUT2D eigenvalue weighted by molar-refractivity contribution is 0.102. The van der Waals surface area contributed by atoms with Crippen molar-refractivity contribution >= 4 is 17.1 Å². The molecule has 1 aliphatic carbocycles. The van der Waals surface area contributed by atoms with Crippen molar-refractivity contribution < 1.29 is 4.79 Å². The monoisotopic (exact) mass is 387 g/mol. The molecule has 3 aromatic rings. The first kappa shape index (κ1) is 17.8. The van der Waals surface area contributed by atoms with E-state index < -0.39 is 0 Å². The molecule has 1 aliphatic heterocycles. The van der Waals surface area contributed by atoms with Gasteiger partial charge in [-0.2, -0.15) is 0 Å². The van der Waals surface area contributed by atoms with Gasteiger partial charge in [0.15, 0.2) is 5.78 Å². The number of fused-ring (bicyclic) bond motifs is 2. The summed E-state index contributed by atoms with van der Waals surface area (Å²) in [7, 11) is 0. The van der Waals surface area contributed by atoms with Crippen molar-refractivity contribution in [1.29, 1.82) is 0 Å². The van der Waals surface area contributed by atoms with E-state index in [0.717, 1.165) is 30.8 Å². The molecule has 1 aromatic heterocycles. The fourth-order valence-corrected chi connectivity index (χ4v) is 6.47. The Balaban J connectivity index is 1.68. The lowest BCUT2D eigenvalue weighted by Crippen LogP contribution is -2.47. The second kappa shape index (κ2) is 6.13. The first-order chi connectivity index (χ1) is 13.4. The number of aryl methyl sites for hydroxylation is 3. The van der Waals surface area contributed by atoms with Gasteiger partial charge in [0, 0.05) is 45.9 Å². The summed E-state index contributed by atoms with van der Waals surface area (Å²) in [5.74, 6) is 0.224. The Kier molecular flexibility index (Phi) is 3.91. The highest BCUT2D eigenvalue weighted by molar-refractivity contribution is 7.12. The number of thiophene rings is 1. The van der Waals surface area contributed by atoms with Crippen LogP contribution in [-0.2, 0) is 18.5 Å².